The van der Waals surface area contributed by atoms with Crippen molar-refractivity contribution in [2.24, 2.45) is 0 Å². The molecule has 270 valence electrons. The molecule has 0 bridgehead atoms. The summed E-state index contributed by atoms with van der Waals surface area (Å²) in [7, 11) is 4.17. The van der Waals surface area contributed by atoms with E-state index in [2.05, 4.69) is 106 Å². The molecule has 0 aromatic rings. The fourth-order valence-corrected chi connectivity index (χ4v) is 5.41. The number of ether oxygens (including phenoxy) is 1. The monoisotopic (exact) mass is 652 g/mol. The van der Waals surface area contributed by atoms with Crippen molar-refractivity contribution in [2.45, 2.75) is 180 Å². The summed E-state index contributed by atoms with van der Waals surface area (Å²) in [6, 6.07) is 0. The van der Waals surface area contributed by atoms with Crippen LogP contribution in [-0.2, 0) is 9.53 Å². The van der Waals surface area contributed by atoms with E-state index >= 15 is 0 Å². The van der Waals surface area contributed by atoms with Crippen LogP contribution in [-0.4, -0.2) is 37.6 Å². The number of carbonyl (C=O) groups is 1. The maximum absolute atomic E-state index is 12.6. The molecule has 0 saturated carbocycles. The summed E-state index contributed by atoms with van der Waals surface area (Å²) in [5.74, 6) is -0.000278. The Bertz CT molecular complexity index is 778. The van der Waals surface area contributed by atoms with Crippen LogP contribution in [0.15, 0.2) is 72.9 Å². The van der Waals surface area contributed by atoms with E-state index < -0.39 is 0 Å². The molecule has 0 aliphatic carbocycles. The van der Waals surface area contributed by atoms with E-state index in [1.54, 1.807) is 0 Å². The van der Waals surface area contributed by atoms with Crippen molar-refractivity contribution in [3.05, 3.63) is 72.9 Å². The quantitative estimate of drug-likeness (QED) is 0.0394. The molecule has 47 heavy (non-hydrogen) atoms. The zero-order valence-electron chi connectivity index (χ0n) is 31.7. The van der Waals surface area contributed by atoms with E-state index in [1.807, 2.05) is 0 Å². The van der Waals surface area contributed by atoms with Gasteiger partial charge in [0.1, 0.15) is 6.10 Å². The number of carbonyl (C=O) groups excluding carboxylic acids is 1. The Balaban J connectivity index is 4.19. The highest BCUT2D eigenvalue weighted by Gasteiger charge is 2.14. The molecule has 0 spiro atoms. The lowest BCUT2D eigenvalue weighted by Crippen LogP contribution is -2.19. The first-order chi connectivity index (χ1) is 23.1. The first-order valence-electron chi connectivity index (χ1n) is 19.8. The smallest absolute Gasteiger partial charge is 0.306 e. The first kappa shape index (κ1) is 44.9. The Labute approximate surface area is 293 Å². The van der Waals surface area contributed by atoms with Crippen LogP contribution in [0.2, 0.25) is 0 Å². The molecule has 0 unspecified atom stereocenters. The second-order valence-electron chi connectivity index (χ2n) is 13.4. The molecule has 0 amide bonds. The Kier molecular flexibility index (Phi) is 36.6. The lowest BCUT2D eigenvalue weighted by molar-refractivity contribution is -0.150. The van der Waals surface area contributed by atoms with Crippen LogP contribution in [0.5, 0.6) is 0 Å². The van der Waals surface area contributed by atoms with Crippen molar-refractivity contribution in [2.75, 3.05) is 20.6 Å². The van der Waals surface area contributed by atoms with Gasteiger partial charge in [-0.2, -0.15) is 0 Å². The number of esters is 1. The molecule has 0 saturated heterocycles. The summed E-state index contributed by atoms with van der Waals surface area (Å²) in [5.41, 5.74) is 0. The van der Waals surface area contributed by atoms with Gasteiger partial charge in [-0.25, -0.2) is 0 Å². The first-order valence-corrected chi connectivity index (χ1v) is 19.8. The van der Waals surface area contributed by atoms with Crippen LogP contribution >= 0.6 is 0 Å². The third-order valence-corrected chi connectivity index (χ3v) is 8.37. The lowest BCUT2D eigenvalue weighted by atomic mass is 10.0. The largest absolute Gasteiger partial charge is 0.462 e. The normalized spacial score (nSPS) is 13.3. The van der Waals surface area contributed by atoms with Gasteiger partial charge in [0.2, 0.25) is 0 Å². The zero-order chi connectivity index (χ0) is 34.3. The molecule has 0 aliphatic heterocycles. The van der Waals surface area contributed by atoms with Gasteiger partial charge >= 0.3 is 5.97 Å². The summed E-state index contributed by atoms with van der Waals surface area (Å²) in [5, 5.41) is 0. The van der Waals surface area contributed by atoms with Gasteiger partial charge in [-0.05, 0) is 136 Å². The van der Waals surface area contributed by atoms with Gasteiger partial charge in [0.25, 0.3) is 0 Å². The summed E-state index contributed by atoms with van der Waals surface area (Å²) in [6.45, 7) is 5.54. The number of hydrogen-bond acceptors (Lipinski definition) is 3. The summed E-state index contributed by atoms with van der Waals surface area (Å²) in [6.07, 6.45) is 56.1. The van der Waals surface area contributed by atoms with Crippen molar-refractivity contribution in [3.63, 3.8) is 0 Å². The van der Waals surface area contributed by atoms with Crippen LogP contribution in [0.4, 0.5) is 0 Å². The molecular weight excluding hydrogens is 574 g/mol. The minimum Gasteiger partial charge on any atom is -0.462 e. The molecule has 0 aromatic heterocycles. The van der Waals surface area contributed by atoms with E-state index in [-0.39, 0.29) is 12.1 Å². The van der Waals surface area contributed by atoms with Crippen molar-refractivity contribution in [1.82, 2.24) is 4.90 Å². The van der Waals surface area contributed by atoms with E-state index in [0.717, 1.165) is 83.6 Å². The second kappa shape index (κ2) is 38.3. The third kappa shape index (κ3) is 38.2. The van der Waals surface area contributed by atoms with Gasteiger partial charge in [-0.15, -0.1) is 0 Å². The molecule has 0 fully saturated rings. The van der Waals surface area contributed by atoms with Crippen LogP contribution in [0.25, 0.3) is 0 Å². The van der Waals surface area contributed by atoms with Gasteiger partial charge in [-0.3, -0.25) is 4.79 Å². The topological polar surface area (TPSA) is 29.5 Å². The fraction of sp³-hybridized carbons (Fsp3) is 0.705. The maximum atomic E-state index is 12.6. The minimum atomic E-state index is -0.000278. The molecule has 0 aliphatic rings. The molecular formula is C44H77NO2. The predicted octanol–water partition coefficient (Wildman–Crippen LogP) is 13.6. The van der Waals surface area contributed by atoms with Crippen molar-refractivity contribution in [3.8, 4) is 0 Å². The minimum absolute atomic E-state index is 0.000278. The Morgan fingerprint density at radius 1 is 0.489 bits per heavy atom. The molecule has 0 heterocycles. The molecule has 3 heteroatoms. The number of nitrogens with zero attached hydrogens (tertiary/aromatic N) is 1. The van der Waals surface area contributed by atoms with Crippen molar-refractivity contribution < 1.29 is 9.53 Å². The highest BCUT2D eigenvalue weighted by atomic mass is 16.5. The van der Waals surface area contributed by atoms with Crippen molar-refractivity contribution in [1.29, 1.82) is 0 Å². The second-order valence-corrected chi connectivity index (χ2v) is 13.4. The highest BCUT2D eigenvalue weighted by molar-refractivity contribution is 5.69. The van der Waals surface area contributed by atoms with Gasteiger partial charge in [0, 0.05) is 6.42 Å². The van der Waals surface area contributed by atoms with Crippen LogP contribution in [0.3, 0.4) is 0 Å². The third-order valence-electron chi connectivity index (χ3n) is 8.37. The number of unbranched alkanes of at least 4 members (excludes halogenated alkanes) is 13. The predicted molar refractivity (Wildman–Crippen MR) is 210 cm³/mol. The number of hydrogen-bond donors (Lipinski definition) is 0. The molecule has 0 rings (SSSR count). The molecule has 3 nitrogen and oxygen atoms in total. The summed E-state index contributed by atoms with van der Waals surface area (Å²) in [4.78, 5) is 14.7. The fourth-order valence-electron chi connectivity index (χ4n) is 5.41. The Hall–Kier alpha value is -2.13. The number of allylic oxidation sites excluding steroid dienone is 12. The van der Waals surface area contributed by atoms with Gasteiger partial charge in [-0.1, -0.05) is 125 Å². The lowest BCUT2D eigenvalue weighted by Gasteiger charge is -2.18. The SMILES string of the molecule is CCCCCC=CCC=CCC=CCCCCCC(CCCCCC=CCC=CCC=CCCCCC)OC(=O)CCCCN(C)C. The Morgan fingerprint density at radius 3 is 1.26 bits per heavy atom. The molecule has 0 N–H and O–H groups in total. The van der Waals surface area contributed by atoms with Gasteiger partial charge < -0.3 is 9.64 Å². The van der Waals surface area contributed by atoms with Crippen LogP contribution in [0, 0.1) is 0 Å². The average molecular weight is 652 g/mol. The summed E-state index contributed by atoms with van der Waals surface area (Å²) < 4.78 is 6.00. The van der Waals surface area contributed by atoms with E-state index in [0.29, 0.717) is 6.42 Å². The standard InChI is InChI=1S/C44H77NO2/c1-5-7-9-11-13-15-17-19-21-23-25-27-29-31-33-35-39-43(47-44(46)41-37-38-42-45(3)4)40-36-34-32-30-28-26-24-22-20-18-16-14-12-10-8-6-2/h13-16,19-22,25-28,43H,5-12,17-18,23-24,29-42H2,1-4H3. The van der Waals surface area contributed by atoms with E-state index in [1.165, 1.54) is 77.0 Å². The highest BCUT2D eigenvalue weighted by Crippen LogP contribution is 2.17. The van der Waals surface area contributed by atoms with Gasteiger partial charge in [0.05, 0.1) is 0 Å². The molecule has 0 aromatic carbocycles. The molecule has 0 atom stereocenters. The van der Waals surface area contributed by atoms with Crippen LogP contribution < -0.4 is 0 Å². The summed E-state index contributed by atoms with van der Waals surface area (Å²) >= 11 is 0. The maximum Gasteiger partial charge on any atom is 0.306 e. The van der Waals surface area contributed by atoms with Crippen LogP contribution in [0.1, 0.15) is 174 Å². The Morgan fingerprint density at radius 2 is 0.872 bits per heavy atom. The van der Waals surface area contributed by atoms with E-state index in [9.17, 15) is 4.79 Å². The molecule has 0 radical (unpaired) electrons. The van der Waals surface area contributed by atoms with Crippen molar-refractivity contribution >= 4 is 5.97 Å². The average Bonchev–Trinajstić information content (AvgIpc) is 3.06. The van der Waals surface area contributed by atoms with Gasteiger partial charge in [0.15, 0.2) is 0 Å². The zero-order valence-corrected chi connectivity index (χ0v) is 31.7. The number of rotatable bonds is 34. The van der Waals surface area contributed by atoms with E-state index in [4.69, 9.17) is 4.74 Å².